The van der Waals surface area contributed by atoms with Crippen LogP contribution in [0.25, 0.3) is 0 Å². The number of hydrogen-bond acceptors (Lipinski definition) is 7. The highest BCUT2D eigenvalue weighted by atomic mass is 32.2. The van der Waals surface area contributed by atoms with E-state index >= 15 is 0 Å². The van der Waals surface area contributed by atoms with Crippen molar-refractivity contribution < 1.29 is 4.92 Å². The second-order valence-electron chi connectivity index (χ2n) is 3.26. The van der Waals surface area contributed by atoms with Gasteiger partial charge in [-0.25, -0.2) is 4.98 Å². The summed E-state index contributed by atoms with van der Waals surface area (Å²) in [5, 5.41) is 11.4. The van der Waals surface area contributed by atoms with Crippen LogP contribution in [0.15, 0.2) is 46.7 Å². The Balaban J connectivity index is 2.32. The zero-order chi connectivity index (χ0) is 13.0. The molecule has 0 amide bonds. The van der Waals surface area contributed by atoms with E-state index in [-0.39, 0.29) is 5.69 Å². The first-order valence-electron chi connectivity index (χ1n) is 4.89. The van der Waals surface area contributed by atoms with Crippen LogP contribution < -0.4 is 11.3 Å². The van der Waals surface area contributed by atoms with E-state index in [9.17, 15) is 10.1 Å². The first kappa shape index (κ1) is 12.3. The highest BCUT2D eigenvalue weighted by Gasteiger charge is 2.10. The molecule has 0 radical (unpaired) electrons. The van der Waals surface area contributed by atoms with Gasteiger partial charge in [0.05, 0.1) is 16.8 Å². The first-order chi connectivity index (χ1) is 8.69. The normalized spacial score (nSPS) is 10.1. The fraction of sp³-hybridized carbons (Fsp3) is 0. The van der Waals surface area contributed by atoms with Gasteiger partial charge in [0.1, 0.15) is 5.03 Å². The van der Waals surface area contributed by atoms with Crippen LogP contribution in [0.1, 0.15) is 0 Å². The quantitative estimate of drug-likeness (QED) is 0.492. The minimum absolute atomic E-state index is 0.0307. The van der Waals surface area contributed by atoms with Gasteiger partial charge in [-0.1, -0.05) is 11.8 Å². The Morgan fingerprint density at radius 3 is 2.78 bits per heavy atom. The summed E-state index contributed by atoms with van der Waals surface area (Å²) in [6.45, 7) is 0. The number of anilines is 1. The van der Waals surface area contributed by atoms with Gasteiger partial charge in [0.25, 0.3) is 5.69 Å². The van der Waals surface area contributed by atoms with Gasteiger partial charge in [-0.15, -0.1) is 0 Å². The van der Waals surface area contributed by atoms with Gasteiger partial charge in [0, 0.05) is 29.4 Å². The number of nitrogens with one attached hydrogen (secondary N) is 1. The molecule has 0 spiro atoms. The smallest absolute Gasteiger partial charge is 0.272 e. The van der Waals surface area contributed by atoms with Gasteiger partial charge in [-0.2, -0.15) is 0 Å². The predicted octanol–water partition coefficient (Wildman–Crippen LogP) is 1.82. The summed E-state index contributed by atoms with van der Waals surface area (Å²) in [5.41, 5.74) is 2.83. The van der Waals surface area contributed by atoms with E-state index in [4.69, 9.17) is 5.84 Å². The van der Waals surface area contributed by atoms with E-state index in [1.165, 1.54) is 23.9 Å². The summed E-state index contributed by atoms with van der Waals surface area (Å²) >= 11 is 1.28. The van der Waals surface area contributed by atoms with Gasteiger partial charge in [-0.3, -0.25) is 20.9 Å². The molecule has 0 atom stereocenters. The summed E-state index contributed by atoms with van der Waals surface area (Å²) in [6, 6.07) is 4.52. The molecule has 0 aliphatic carbocycles. The van der Waals surface area contributed by atoms with Crippen molar-refractivity contribution in [3.05, 3.63) is 46.9 Å². The summed E-state index contributed by atoms with van der Waals surface area (Å²) in [4.78, 5) is 19.0. The maximum absolute atomic E-state index is 10.8. The van der Waals surface area contributed by atoms with Crippen LogP contribution in [0, 0.1) is 10.1 Å². The lowest BCUT2D eigenvalue weighted by molar-refractivity contribution is -0.385. The summed E-state index contributed by atoms with van der Waals surface area (Å²) in [7, 11) is 0. The molecule has 0 saturated carbocycles. The molecule has 1 aromatic heterocycles. The first-order valence-corrected chi connectivity index (χ1v) is 5.70. The molecule has 0 saturated heterocycles. The number of nitrogens with zero attached hydrogens (tertiary/aromatic N) is 3. The van der Waals surface area contributed by atoms with E-state index in [0.29, 0.717) is 15.6 Å². The Labute approximate surface area is 107 Å². The number of benzene rings is 1. The SMILES string of the molecule is NNc1cc(Sc2cnccn2)cc([N+](=O)[O-])c1. The molecule has 3 N–H and O–H groups in total. The fourth-order valence-corrected chi connectivity index (χ4v) is 2.12. The molecule has 2 rings (SSSR count). The lowest BCUT2D eigenvalue weighted by Gasteiger charge is -2.04. The highest BCUT2D eigenvalue weighted by Crippen LogP contribution is 2.31. The fourth-order valence-electron chi connectivity index (χ4n) is 1.29. The molecule has 18 heavy (non-hydrogen) atoms. The van der Waals surface area contributed by atoms with E-state index < -0.39 is 4.92 Å². The molecule has 1 aromatic carbocycles. The molecule has 7 nitrogen and oxygen atoms in total. The largest absolute Gasteiger partial charge is 0.324 e. The molecule has 0 fully saturated rings. The molecule has 8 heteroatoms. The van der Waals surface area contributed by atoms with Crippen LogP contribution in [0.4, 0.5) is 11.4 Å². The third kappa shape index (κ3) is 2.93. The topological polar surface area (TPSA) is 107 Å². The van der Waals surface area contributed by atoms with Crippen molar-refractivity contribution in [2.75, 3.05) is 5.43 Å². The van der Waals surface area contributed by atoms with E-state index in [0.717, 1.165) is 0 Å². The molecular formula is C10H9N5O2S. The molecule has 0 aliphatic heterocycles. The minimum Gasteiger partial charge on any atom is -0.324 e. The van der Waals surface area contributed by atoms with Crippen molar-refractivity contribution >= 4 is 23.1 Å². The van der Waals surface area contributed by atoms with E-state index in [2.05, 4.69) is 15.4 Å². The van der Waals surface area contributed by atoms with Crippen molar-refractivity contribution in [1.82, 2.24) is 9.97 Å². The minimum atomic E-state index is -0.471. The van der Waals surface area contributed by atoms with Gasteiger partial charge in [-0.05, 0) is 6.07 Å². The molecule has 92 valence electrons. The Morgan fingerprint density at radius 1 is 1.33 bits per heavy atom. The number of non-ortho nitro benzene ring substituents is 1. The Morgan fingerprint density at radius 2 is 2.17 bits per heavy atom. The molecule has 0 aliphatic rings. The summed E-state index contributed by atoms with van der Waals surface area (Å²) in [5.74, 6) is 5.27. The monoisotopic (exact) mass is 263 g/mol. The number of hydrazine groups is 1. The Kier molecular flexibility index (Phi) is 3.70. The second-order valence-corrected chi connectivity index (χ2v) is 4.36. The average molecular weight is 263 g/mol. The van der Waals surface area contributed by atoms with Crippen molar-refractivity contribution in [1.29, 1.82) is 0 Å². The number of nitro benzene ring substituents is 1. The van der Waals surface area contributed by atoms with Gasteiger partial charge >= 0.3 is 0 Å². The lowest BCUT2D eigenvalue weighted by Crippen LogP contribution is -2.07. The molecule has 1 heterocycles. The number of nitrogen functional groups attached to an aromatic ring is 1. The third-order valence-electron chi connectivity index (χ3n) is 2.03. The number of rotatable bonds is 4. The van der Waals surface area contributed by atoms with Crippen LogP contribution in [-0.2, 0) is 0 Å². The maximum atomic E-state index is 10.8. The van der Waals surface area contributed by atoms with Crippen molar-refractivity contribution in [3.8, 4) is 0 Å². The average Bonchev–Trinajstić information content (AvgIpc) is 2.39. The zero-order valence-corrected chi connectivity index (χ0v) is 9.92. The molecule has 2 aromatic rings. The van der Waals surface area contributed by atoms with Gasteiger partial charge < -0.3 is 5.43 Å². The number of nitrogens with two attached hydrogens (primary N) is 1. The summed E-state index contributed by atoms with van der Waals surface area (Å²) in [6.07, 6.45) is 4.70. The van der Waals surface area contributed by atoms with Gasteiger partial charge in [0.15, 0.2) is 0 Å². The Bertz CT molecular complexity index is 563. The van der Waals surface area contributed by atoms with E-state index in [1.54, 1.807) is 24.7 Å². The molecule has 0 bridgehead atoms. The number of hydrogen-bond donors (Lipinski definition) is 2. The standard InChI is InChI=1S/C10H9N5O2S/c11-14-7-3-8(15(16)17)5-9(4-7)18-10-6-12-1-2-13-10/h1-6,14H,11H2. The second kappa shape index (κ2) is 5.43. The van der Waals surface area contributed by atoms with Crippen molar-refractivity contribution in [2.24, 2.45) is 5.84 Å². The predicted molar refractivity (Wildman–Crippen MR) is 67.1 cm³/mol. The number of aromatic nitrogens is 2. The van der Waals surface area contributed by atoms with E-state index in [1.807, 2.05) is 0 Å². The maximum Gasteiger partial charge on any atom is 0.272 e. The van der Waals surface area contributed by atoms with Crippen LogP contribution >= 0.6 is 11.8 Å². The zero-order valence-electron chi connectivity index (χ0n) is 9.11. The molecule has 0 unspecified atom stereocenters. The number of nitro groups is 1. The van der Waals surface area contributed by atoms with Gasteiger partial charge in [0.2, 0.25) is 0 Å². The van der Waals surface area contributed by atoms with Crippen LogP contribution in [0.3, 0.4) is 0 Å². The summed E-state index contributed by atoms with van der Waals surface area (Å²) < 4.78 is 0. The van der Waals surface area contributed by atoms with Crippen molar-refractivity contribution in [2.45, 2.75) is 9.92 Å². The van der Waals surface area contributed by atoms with Crippen LogP contribution in [-0.4, -0.2) is 14.9 Å². The Hall–Kier alpha value is -2.19. The highest BCUT2D eigenvalue weighted by molar-refractivity contribution is 7.99. The van der Waals surface area contributed by atoms with Crippen molar-refractivity contribution in [3.63, 3.8) is 0 Å². The van der Waals surface area contributed by atoms with Crippen LogP contribution in [0.5, 0.6) is 0 Å². The van der Waals surface area contributed by atoms with Crippen LogP contribution in [0.2, 0.25) is 0 Å². The lowest BCUT2D eigenvalue weighted by atomic mass is 10.3. The molecular weight excluding hydrogens is 254 g/mol. The third-order valence-corrected chi connectivity index (χ3v) is 2.92.